The fourth-order valence-electron chi connectivity index (χ4n) is 3.69. The molecular weight excluding hydrogens is 318 g/mol. The van der Waals surface area contributed by atoms with Crippen LogP contribution in [-0.2, 0) is 0 Å². The highest BCUT2D eigenvalue weighted by molar-refractivity contribution is 5.90. The Morgan fingerprint density at radius 1 is 1.12 bits per heavy atom. The van der Waals surface area contributed by atoms with Gasteiger partial charge in [-0.3, -0.25) is 0 Å². The second kappa shape index (κ2) is 13.3. The smallest absolute Gasteiger partial charge is 0.0721 e. The Labute approximate surface area is 152 Å². The molecule has 1 unspecified atom stereocenters. The fourth-order valence-corrected chi connectivity index (χ4v) is 3.69. The first-order valence-corrected chi connectivity index (χ1v) is 10.00. The van der Waals surface area contributed by atoms with Crippen molar-refractivity contribution in [3.05, 3.63) is 12.2 Å². The van der Waals surface area contributed by atoms with E-state index in [1.807, 2.05) is 6.08 Å². The van der Waals surface area contributed by atoms with Crippen molar-refractivity contribution >= 4 is 5.71 Å². The van der Waals surface area contributed by atoms with Gasteiger partial charge in [0.15, 0.2) is 0 Å². The highest BCUT2D eigenvalue weighted by Crippen LogP contribution is 2.35. The lowest BCUT2D eigenvalue weighted by atomic mass is 9.88. The Morgan fingerprint density at radius 2 is 1.84 bits per heavy atom. The van der Waals surface area contributed by atoms with Gasteiger partial charge in [-0.25, -0.2) is 0 Å². The van der Waals surface area contributed by atoms with Crippen LogP contribution in [0.15, 0.2) is 17.3 Å². The summed E-state index contributed by atoms with van der Waals surface area (Å²) >= 11 is 0. The van der Waals surface area contributed by atoms with Crippen LogP contribution in [0.5, 0.6) is 0 Å². The van der Waals surface area contributed by atoms with Gasteiger partial charge in [0.1, 0.15) is 0 Å². The molecular formula is C20H37NO4. The van der Waals surface area contributed by atoms with E-state index in [0.717, 1.165) is 64.2 Å². The Kier molecular flexibility index (Phi) is 11.8. The Morgan fingerprint density at radius 3 is 2.52 bits per heavy atom. The SMILES string of the molecule is CCCCCC(O)/C=C/[C@H]1/C(=N\O)C[C@H](O)[C@@H]1CCCCCCCO. The molecule has 1 saturated carbocycles. The zero-order valence-electron chi connectivity index (χ0n) is 15.7. The highest BCUT2D eigenvalue weighted by Gasteiger charge is 2.38. The molecule has 0 radical (unpaired) electrons. The van der Waals surface area contributed by atoms with Gasteiger partial charge in [0.2, 0.25) is 0 Å². The second-order valence-electron chi connectivity index (χ2n) is 7.28. The van der Waals surface area contributed by atoms with Gasteiger partial charge in [0.05, 0.1) is 17.9 Å². The minimum Gasteiger partial charge on any atom is -0.411 e. The van der Waals surface area contributed by atoms with Crippen LogP contribution < -0.4 is 0 Å². The molecule has 1 fully saturated rings. The van der Waals surface area contributed by atoms with E-state index in [4.69, 9.17) is 5.11 Å². The van der Waals surface area contributed by atoms with Crippen molar-refractivity contribution in [3.63, 3.8) is 0 Å². The molecule has 0 bridgehead atoms. The van der Waals surface area contributed by atoms with Crippen LogP contribution >= 0.6 is 0 Å². The predicted molar refractivity (Wildman–Crippen MR) is 101 cm³/mol. The van der Waals surface area contributed by atoms with E-state index in [1.54, 1.807) is 6.08 Å². The van der Waals surface area contributed by atoms with Gasteiger partial charge in [-0.15, -0.1) is 0 Å². The standard InChI is InChI=1S/C20H37NO4/c1-2-3-7-10-16(23)12-13-17-18(20(24)15-19(17)21-25)11-8-5-4-6-9-14-22/h12-13,16-18,20,22-25H,2-11,14-15H2,1H3/b13-12+,21-19-/t16?,17-,18-,20+/m1/s1. The average Bonchev–Trinajstić information content (AvgIpc) is 2.91. The minimum absolute atomic E-state index is 0.0582. The number of hydrogen-bond donors (Lipinski definition) is 4. The molecule has 1 rings (SSSR count). The average molecular weight is 356 g/mol. The molecule has 4 atom stereocenters. The maximum atomic E-state index is 10.3. The molecule has 0 aromatic carbocycles. The molecule has 0 aromatic heterocycles. The first-order chi connectivity index (χ1) is 12.1. The van der Waals surface area contributed by atoms with Gasteiger partial charge in [-0.05, 0) is 25.2 Å². The molecule has 5 nitrogen and oxygen atoms in total. The Bertz CT molecular complexity index is 397. The molecule has 25 heavy (non-hydrogen) atoms. The first-order valence-electron chi connectivity index (χ1n) is 10.00. The largest absolute Gasteiger partial charge is 0.411 e. The topological polar surface area (TPSA) is 93.3 Å². The molecule has 146 valence electrons. The molecule has 0 heterocycles. The first kappa shape index (κ1) is 22.1. The third-order valence-electron chi connectivity index (χ3n) is 5.23. The second-order valence-corrected chi connectivity index (χ2v) is 7.28. The summed E-state index contributed by atoms with van der Waals surface area (Å²) in [6.07, 6.45) is 13.2. The van der Waals surface area contributed by atoms with Gasteiger partial charge in [-0.2, -0.15) is 0 Å². The highest BCUT2D eigenvalue weighted by atomic mass is 16.4. The maximum Gasteiger partial charge on any atom is 0.0721 e. The monoisotopic (exact) mass is 355 g/mol. The molecule has 1 aliphatic rings. The predicted octanol–water partition coefficient (Wildman–Crippen LogP) is 3.64. The molecule has 0 spiro atoms. The maximum absolute atomic E-state index is 10.3. The summed E-state index contributed by atoms with van der Waals surface area (Å²) in [5, 5.41) is 41.8. The lowest BCUT2D eigenvalue weighted by Crippen LogP contribution is -2.19. The zero-order chi connectivity index (χ0) is 18.5. The summed E-state index contributed by atoms with van der Waals surface area (Å²) in [6.45, 7) is 2.39. The number of nitrogens with zero attached hydrogens (tertiary/aromatic N) is 1. The van der Waals surface area contributed by atoms with Crippen LogP contribution in [0.25, 0.3) is 0 Å². The van der Waals surface area contributed by atoms with Crippen LogP contribution in [0, 0.1) is 11.8 Å². The normalized spacial score (nSPS) is 26.7. The van der Waals surface area contributed by atoms with Crippen LogP contribution in [0.1, 0.15) is 77.6 Å². The van der Waals surface area contributed by atoms with Crippen LogP contribution in [-0.4, -0.2) is 45.1 Å². The number of oxime groups is 1. The van der Waals surface area contributed by atoms with E-state index < -0.39 is 12.2 Å². The van der Waals surface area contributed by atoms with Crippen molar-refractivity contribution in [2.45, 2.75) is 89.8 Å². The number of rotatable bonds is 13. The quantitative estimate of drug-likeness (QED) is 0.176. The van der Waals surface area contributed by atoms with Crippen LogP contribution in [0.4, 0.5) is 0 Å². The number of aliphatic hydroxyl groups is 3. The van der Waals surface area contributed by atoms with E-state index in [-0.39, 0.29) is 18.4 Å². The third kappa shape index (κ3) is 8.34. The van der Waals surface area contributed by atoms with Crippen molar-refractivity contribution in [2.24, 2.45) is 17.0 Å². The van der Waals surface area contributed by atoms with E-state index in [9.17, 15) is 15.4 Å². The summed E-state index contributed by atoms with van der Waals surface area (Å²) < 4.78 is 0. The number of aliphatic hydroxyl groups excluding tert-OH is 3. The van der Waals surface area contributed by atoms with E-state index >= 15 is 0 Å². The van der Waals surface area contributed by atoms with E-state index in [2.05, 4.69) is 12.1 Å². The number of hydrogen-bond acceptors (Lipinski definition) is 5. The van der Waals surface area contributed by atoms with Gasteiger partial charge in [0, 0.05) is 18.9 Å². The van der Waals surface area contributed by atoms with Gasteiger partial charge in [0.25, 0.3) is 0 Å². The van der Waals surface area contributed by atoms with Gasteiger partial charge < -0.3 is 20.5 Å². The molecule has 0 amide bonds. The minimum atomic E-state index is -0.477. The summed E-state index contributed by atoms with van der Waals surface area (Å²) in [6, 6.07) is 0. The lowest BCUT2D eigenvalue weighted by molar-refractivity contribution is 0.116. The van der Waals surface area contributed by atoms with Crippen molar-refractivity contribution in [1.82, 2.24) is 0 Å². The van der Waals surface area contributed by atoms with Crippen molar-refractivity contribution in [1.29, 1.82) is 0 Å². The molecule has 0 aromatic rings. The van der Waals surface area contributed by atoms with Crippen molar-refractivity contribution < 1.29 is 20.5 Å². The van der Waals surface area contributed by atoms with Gasteiger partial charge >= 0.3 is 0 Å². The van der Waals surface area contributed by atoms with Crippen LogP contribution in [0.2, 0.25) is 0 Å². The molecule has 4 N–H and O–H groups in total. The van der Waals surface area contributed by atoms with Gasteiger partial charge in [-0.1, -0.05) is 69.2 Å². The molecule has 0 aliphatic heterocycles. The third-order valence-corrected chi connectivity index (χ3v) is 5.23. The molecule has 5 heteroatoms. The Hall–Kier alpha value is -0.910. The summed E-state index contributed by atoms with van der Waals surface area (Å²) in [5.74, 6) is -0.0268. The van der Waals surface area contributed by atoms with Crippen molar-refractivity contribution in [3.8, 4) is 0 Å². The fraction of sp³-hybridized carbons (Fsp3) is 0.850. The van der Waals surface area contributed by atoms with E-state index in [1.165, 1.54) is 0 Å². The number of unbranched alkanes of at least 4 members (excludes halogenated alkanes) is 6. The lowest BCUT2D eigenvalue weighted by Gasteiger charge is -2.19. The molecule has 0 saturated heterocycles. The summed E-state index contributed by atoms with van der Waals surface area (Å²) in [4.78, 5) is 0. The Balaban J connectivity index is 2.50. The zero-order valence-corrected chi connectivity index (χ0v) is 15.7. The van der Waals surface area contributed by atoms with Crippen molar-refractivity contribution in [2.75, 3.05) is 6.61 Å². The van der Waals surface area contributed by atoms with Crippen LogP contribution in [0.3, 0.4) is 0 Å². The molecule has 1 aliphatic carbocycles. The summed E-state index contributed by atoms with van der Waals surface area (Å²) in [7, 11) is 0. The summed E-state index contributed by atoms with van der Waals surface area (Å²) in [5.41, 5.74) is 0.620. The van der Waals surface area contributed by atoms with E-state index in [0.29, 0.717) is 12.1 Å². The number of allylic oxidation sites excluding steroid dienone is 1.